The van der Waals surface area contributed by atoms with Crippen molar-refractivity contribution < 1.29 is 80.2 Å². The van der Waals surface area contributed by atoms with Crippen LogP contribution in [0.15, 0.2) is 0 Å². The number of ether oxygens (including phenoxy) is 4. The smallest absolute Gasteiger partial charge is 0.462 e. The first-order valence-corrected chi connectivity index (χ1v) is 44.1. The number of carbonyl (C=O) groups excluding carboxylic acids is 4. The third-order valence-corrected chi connectivity index (χ3v) is 20.4. The molecule has 0 bridgehead atoms. The Labute approximate surface area is 600 Å². The van der Waals surface area contributed by atoms with Crippen LogP contribution in [0.1, 0.15) is 420 Å². The molecule has 0 rings (SSSR count). The summed E-state index contributed by atoms with van der Waals surface area (Å²) in [6.07, 6.45) is 63.0. The van der Waals surface area contributed by atoms with Gasteiger partial charge in [-0.3, -0.25) is 37.3 Å². The highest BCUT2D eigenvalue weighted by molar-refractivity contribution is 7.47. The highest BCUT2D eigenvalue weighted by atomic mass is 31.2. The van der Waals surface area contributed by atoms with E-state index in [4.69, 9.17) is 37.0 Å². The van der Waals surface area contributed by atoms with Gasteiger partial charge >= 0.3 is 39.5 Å². The first-order valence-electron chi connectivity index (χ1n) is 41.1. The van der Waals surface area contributed by atoms with E-state index in [0.29, 0.717) is 31.6 Å². The lowest BCUT2D eigenvalue weighted by Crippen LogP contribution is -2.30. The summed E-state index contributed by atoms with van der Waals surface area (Å²) in [4.78, 5) is 72.7. The summed E-state index contributed by atoms with van der Waals surface area (Å²) in [5, 5.41) is 10.6. The quantitative estimate of drug-likeness (QED) is 0.0222. The molecule has 98 heavy (non-hydrogen) atoms. The number of hydrogen-bond acceptors (Lipinski definition) is 15. The zero-order valence-corrected chi connectivity index (χ0v) is 65.7. The highest BCUT2D eigenvalue weighted by Gasteiger charge is 2.30. The number of aliphatic hydroxyl groups is 1. The monoisotopic (exact) mass is 1440 g/mol. The van der Waals surface area contributed by atoms with Gasteiger partial charge in [0.2, 0.25) is 0 Å². The summed E-state index contributed by atoms with van der Waals surface area (Å²) in [5.74, 6) is -1.45. The third-order valence-electron chi connectivity index (χ3n) is 18.5. The normalized spacial score (nSPS) is 13.9. The van der Waals surface area contributed by atoms with Crippen molar-refractivity contribution in [2.45, 2.75) is 438 Å². The van der Waals surface area contributed by atoms with Crippen LogP contribution in [0.5, 0.6) is 0 Å². The molecule has 0 saturated carbocycles. The molecule has 0 amide bonds. The minimum Gasteiger partial charge on any atom is -0.462 e. The molecule has 2 unspecified atom stereocenters. The largest absolute Gasteiger partial charge is 0.472 e. The summed E-state index contributed by atoms with van der Waals surface area (Å²) in [7, 11) is -9.91. The molecule has 0 saturated heterocycles. The Kier molecular flexibility index (Phi) is 70.6. The van der Waals surface area contributed by atoms with Gasteiger partial charge in [0, 0.05) is 25.7 Å². The summed E-state index contributed by atoms with van der Waals surface area (Å²) in [6.45, 7) is 7.18. The Morgan fingerprint density at radius 3 is 0.694 bits per heavy atom. The SMILES string of the molecule is CCCCCCCCCCCCCCCCCCCCCCCCC(=O)O[C@H](COC(=O)CCCCCCCCCCCCCCCCCCCCC)COP(=O)(O)OC[C@@H](O)COP(=O)(O)OC[C@@H](COC(=O)CCCCCCCCCC)OC(=O)CCCCCCCCC(C)C. The molecule has 0 aromatic heterocycles. The number of aliphatic hydroxyl groups excluding tert-OH is 1. The Hall–Kier alpha value is -1.94. The molecule has 5 atom stereocenters. The summed E-state index contributed by atoms with van der Waals surface area (Å²) in [6, 6.07) is 0. The van der Waals surface area contributed by atoms with Crippen molar-refractivity contribution in [3.8, 4) is 0 Å². The molecule has 19 heteroatoms. The zero-order chi connectivity index (χ0) is 71.9. The van der Waals surface area contributed by atoms with Gasteiger partial charge in [-0.2, -0.15) is 0 Å². The molecule has 0 heterocycles. The second-order valence-electron chi connectivity index (χ2n) is 28.9. The van der Waals surface area contributed by atoms with Crippen molar-refractivity contribution in [2.75, 3.05) is 39.6 Å². The van der Waals surface area contributed by atoms with E-state index in [-0.39, 0.29) is 25.7 Å². The van der Waals surface area contributed by atoms with Crippen LogP contribution in [-0.2, 0) is 65.4 Å². The maximum atomic E-state index is 13.1. The van der Waals surface area contributed by atoms with Gasteiger partial charge in [-0.15, -0.1) is 0 Å². The minimum atomic E-state index is -4.96. The van der Waals surface area contributed by atoms with Crippen LogP contribution >= 0.6 is 15.6 Å². The summed E-state index contributed by atoms with van der Waals surface area (Å²) < 4.78 is 68.4. The summed E-state index contributed by atoms with van der Waals surface area (Å²) >= 11 is 0. The molecule has 0 fully saturated rings. The predicted octanol–water partition coefficient (Wildman–Crippen LogP) is 23.6. The molecule has 0 spiro atoms. The molecule has 0 aromatic rings. The number of phosphoric ester groups is 2. The molecule has 582 valence electrons. The van der Waals surface area contributed by atoms with Gasteiger partial charge in [0.15, 0.2) is 12.2 Å². The van der Waals surface area contributed by atoms with Crippen molar-refractivity contribution in [1.29, 1.82) is 0 Å². The highest BCUT2D eigenvalue weighted by Crippen LogP contribution is 2.45. The van der Waals surface area contributed by atoms with Gasteiger partial charge < -0.3 is 33.8 Å². The second kappa shape index (κ2) is 72.0. The van der Waals surface area contributed by atoms with E-state index in [2.05, 4.69) is 34.6 Å². The van der Waals surface area contributed by atoms with E-state index >= 15 is 0 Å². The van der Waals surface area contributed by atoms with E-state index in [9.17, 15) is 43.2 Å². The van der Waals surface area contributed by atoms with Gasteiger partial charge in [-0.05, 0) is 31.6 Å². The number of rotatable bonds is 79. The fourth-order valence-corrected chi connectivity index (χ4v) is 13.8. The molecule has 0 radical (unpaired) electrons. The number of hydrogen-bond donors (Lipinski definition) is 3. The van der Waals surface area contributed by atoms with E-state index in [1.807, 2.05) is 0 Å². The molecule has 3 N–H and O–H groups in total. The average Bonchev–Trinajstić information content (AvgIpc) is 1.31. The van der Waals surface area contributed by atoms with Crippen LogP contribution in [0.3, 0.4) is 0 Å². The lowest BCUT2D eigenvalue weighted by Gasteiger charge is -2.21. The van der Waals surface area contributed by atoms with Gasteiger partial charge in [-0.25, -0.2) is 9.13 Å². The maximum Gasteiger partial charge on any atom is 0.472 e. The van der Waals surface area contributed by atoms with Crippen LogP contribution in [0, 0.1) is 5.92 Å². The number of phosphoric acid groups is 2. The van der Waals surface area contributed by atoms with Crippen molar-refractivity contribution in [3.63, 3.8) is 0 Å². The van der Waals surface area contributed by atoms with E-state index < -0.39 is 97.5 Å². The predicted molar refractivity (Wildman–Crippen MR) is 400 cm³/mol. The lowest BCUT2D eigenvalue weighted by molar-refractivity contribution is -0.161. The van der Waals surface area contributed by atoms with E-state index in [1.165, 1.54) is 238 Å². The number of carbonyl (C=O) groups is 4. The third kappa shape index (κ3) is 72.4. The first-order chi connectivity index (χ1) is 47.5. The number of esters is 4. The molecule has 0 aliphatic carbocycles. The van der Waals surface area contributed by atoms with Gasteiger partial charge in [0.05, 0.1) is 26.4 Å². The molecule has 0 aromatic carbocycles. The Morgan fingerprint density at radius 1 is 0.276 bits per heavy atom. The molecular weight excluding hydrogens is 1280 g/mol. The van der Waals surface area contributed by atoms with Crippen LogP contribution < -0.4 is 0 Å². The maximum absolute atomic E-state index is 13.1. The second-order valence-corrected chi connectivity index (χ2v) is 31.8. The van der Waals surface area contributed by atoms with Gasteiger partial charge in [-0.1, -0.05) is 369 Å². The molecule has 0 aliphatic rings. The minimum absolute atomic E-state index is 0.102. The van der Waals surface area contributed by atoms with Crippen LogP contribution in [0.2, 0.25) is 0 Å². The topological polar surface area (TPSA) is 237 Å². The lowest BCUT2D eigenvalue weighted by atomic mass is 10.0. The van der Waals surface area contributed by atoms with Crippen LogP contribution in [0.4, 0.5) is 0 Å². The van der Waals surface area contributed by atoms with E-state index in [0.717, 1.165) is 96.3 Å². The number of unbranched alkanes of at least 4 members (excludes halogenated alkanes) is 51. The Balaban J connectivity index is 5.13. The van der Waals surface area contributed by atoms with E-state index in [1.54, 1.807) is 0 Å². The molecular formula is C79H154O17P2. The van der Waals surface area contributed by atoms with Gasteiger partial charge in [0.1, 0.15) is 19.3 Å². The Bertz CT molecular complexity index is 1870. The molecule has 0 aliphatic heterocycles. The van der Waals surface area contributed by atoms with Crippen LogP contribution in [-0.4, -0.2) is 96.7 Å². The standard InChI is InChI=1S/C79H154O17P2/c1-6-9-12-15-18-21-23-25-27-29-31-32-33-35-37-39-41-43-45-48-54-59-64-78(83)95-74(68-90-77(82)63-58-53-47-44-42-40-38-36-34-30-28-26-24-22-19-16-13-10-7-2)70-93-97(85,86)91-66-73(80)67-92-98(87,88)94-71-75(69-89-76(81)62-57-52-46-20-17-14-11-8-3)96-79(84)65-60-55-50-49-51-56-61-72(4)5/h72-75,80H,6-71H2,1-5H3,(H,85,86)(H,87,88)/t73-,74-,75-/m1/s1. The Morgan fingerprint density at radius 2 is 0.469 bits per heavy atom. The zero-order valence-electron chi connectivity index (χ0n) is 63.9. The van der Waals surface area contributed by atoms with Gasteiger partial charge in [0.25, 0.3) is 0 Å². The van der Waals surface area contributed by atoms with Crippen molar-refractivity contribution in [2.24, 2.45) is 5.92 Å². The fourth-order valence-electron chi connectivity index (χ4n) is 12.2. The first kappa shape index (κ1) is 96.1. The molecule has 17 nitrogen and oxygen atoms in total. The summed E-state index contributed by atoms with van der Waals surface area (Å²) in [5.41, 5.74) is 0. The fraction of sp³-hybridized carbons (Fsp3) is 0.949. The van der Waals surface area contributed by atoms with Crippen molar-refractivity contribution in [1.82, 2.24) is 0 Å². The van der Waals surface area contributed by atoms with Crippen molar-refractivity contribution in [3.05, 3.63) is 0 Å². The van der Waals surface area contributed by atoms with Crippen molar-refractivity contribution >= 4 is 39.5 Å². The average molecular weight is 1440 g/mol. The van der Waals surface area contributed by atoms with Crippen LogP contribution in [0.25, 0.3) is 0 Å².